The summed E-state index contributed by atoms with van der Waals surface area (Å²) in [6.07, 6.45) is 1.05. The zero-order valence-corrected chi connectivity index (χ0v) is 6.72. The fraction of sp³-hybridized carbons (Fsp3) is 0.750. The molecule has 3 nitrogen and oxygen atoms in total. The topological polar surface area (TPSA) is 43.4 Å². The van der Waals surface area contributed by atoms with E-state index < -0.39 is 16.9 Å². The van der Waals surface area contributed by atoms with E-state index in [0.29, 0.717) is 19.3 Å². The second-order valence-corrected chi connectivity index (χ2v) is 3.86. The van der Waals surface area contributed by atoms with E-state index in [-0.39, 0.29) is 5.97 Å². The molecule has 0 heterocycles. The highest BCUT2D eigenvalue weighted by atomic mass is 19.1. The molecule has 0 unspecified atom stereocenters. The number of carbonyl (C=O) groups is 2. The fourth-order valence-corrected chi connectivity index (χ4v) is 2.43. The Hall–Kier alpha value is -0.930. The summed E-state index contributed by atoms with van der Waals surface area (Å²) in [6, 6.07) is -1.27. The van der Waals surface area contributed by atoms with Crippen molar-refractivity contribution in [3.63, 3.8) is 0 Å². The van der Waals surface area contributed by atoms with E-state index in [1.807, 2.05) is 0 Å². The average molecular weight is 172 g/mol. The quantitative estimate of drug-likeness (QED) is 0.457. The number of esters is 1. The van der Waals surface area contributed by atoms with Gasteiger partial charge in [0.05, 0.1) is 17.9 Å². The van der Waals surface area contributed by atoms with Crippen LogP contribution in [0.25, 0.3) is 0 Å². The Bertz CT molecular complexity index is 252. The van der Waals surface area contributed by atoms with Crippen molar-refractivity contribution in [3.05, 3.63) is 0 Å². The van der Waals surface area contributed by atoms with Crippen molar-refractivity contribution in [2.75, 3.05) is 7.11 Å². The molecule has 3 aliphatic carbocycles. The number of carbonyl (C=O) groups excluding carboxylic acids is 2. The molecule has 3 fully saturated rings. The van der Waals surface area contributed by atoms with Gasteiger partial charge in [-0.3, -0.25) is 9.59 Å². The van der Waals surface area contributed by atoms with Gasteiger partial charge in [-0.05, 0) is 19.3 Å². The Morgan fingerprint density at radius 1 is 1.25 bits per heavy atom. The van der Waals surface area contributed by atoms with Crippen LogP contribution in [-0.4, -0.2) is 19.1 Å². The molecule has 0 spiro atoms. The highest BCUT2D eigenvalue weighted by Gasteiger charge is 2.76. The third-order valence-electron chi connectivity index (χ3n) is 3.07. The molecule has 12 heavy (non-hydrogen) atoms. The maximum Gasteiger partial charge on any atom is 0.311 e. The first-order valence-corrected chi connectivity index (χ1v) is 3.83. The van der Waals surface area contributed by atoms with Gasteiger partial charge in [0.2, 0.25) is 0 Å². The summed E-state index contributed by atoms with van der Waals surface area (Å²) >= 11 is 0. The Morgan fingerprint density at radius 2 is 1.75 bits per heavy atom. The van der Waals surface area contributed by atoms with Gasteiger partial charge < -0.3 is 4.74 Å². The average Bonchev–Trinajstić information content (AvgIpc) is 1.80. The highest BCUT2D eigenvalue weighted by Crippen LogP contribution is 2.74. The molecule has 0 saturated heterocycles. The zero-order chi connectivity index (χ0) is 8.98. The van der Waals surface area contributed by atoms with Crippen molar-refractivity contribution in [2.45, 2.75) is 19.3 Å². The van der Waals surface area contributed by atoms with E-state index in [1.165, 1.54) is 7.11 Å². The van der Waals surface area contributed by atoms with Gasteiger partial charge in [-0.15, -0.1) is 0 Å². The molecule has 0 aromatic rings. The molecular weight excluding hydrogens is 163 g/mol. The molecule has 0 N–H and O–H groups in total. The van der Waals surface area contributed by atoms with E-state index in [0.717, 1.165) is 0 Å². The van der Waals surface area contributed by atoms with Gasteiger partial charge >= 0.3 is 12.0 Å². The molecular formula is C8H9FO3. The second kappa shape index (κ2) is 1.87. The fourth-order valence-electron chi connectivity index (χ4n) is 2.43. The number of ether oxygens (including phenoxy) is 1. The Labute approximate surface area is 68.9 Å². The standard InChI is InChI=1S/C8H9FO3/c1-12-6(11)8-2-7(3-8,4-8)5(9)10/h2-4H2,1H3. The van der Waals surface area contributed by atoms with Crippen LogP contribution in [0, 0.1) is 10.8 Å². The third kappa shape index (κ3) is 0.612. The van der Waals surface area contributed by atoms with Crippen LogP contribution in [0.2, 0.25) is 0 Å². The van der Waals surface area contributed by atoms with Gasteiger partial charge in [0, 0.05) is 0 Å². The van der Waals surface area contributed by atoms with Crippen molar-refractivity contribution in [1.82, 2.24) is 0 Å². The minimum absolute atomic E-state index is 0.300. The molecule has 0 atom stereocenters. The molecule has 0 radical (unpaired) electrons. The van der Waals surface area contributed by atoms with Crippen LogP contribution in [0.4, 0.5) is 4.39 Å². The maximum atomic E-state index is 12.3. The van der Waals surface area contributed by atoms with E-state index in [1.54, 1.807) is 0 Å². The molecule has 0 aromatic carbocycles. The number of halogens is 1. The van der Waals surface area contributed by atoms with Gasteiger partial charge in [0.25, 0.3) is 0 Å². The van der Waals surface area contributed by atoms with Crippen LogP contribution >= 0.6 is 0 Å². The van der Waals surface area contributed by atoms with Crippen LogP contribution in [-0.2, 0) is 14.3 Å². The monoisotopic (exact) mass is 172 g/mol. The Balaban J connectivity index is 2.04. The van der Waals surface area contributed by atoms with Crippen molar-refractivity contribution < 1.29 is 18.7 Å². The van der Waals surface area contributed by atoms with Crippen molar-refractivity contribution in [1.29, 1.82) is 0 Å². The van der Waals surface area contributed by atoms with Crippen molar-refractivity contribution in [2.24, 2.45) is 10.8 Å². The van der Waals surface area contributed by atoms with Crippen LogP contribution in [0.3, 0.4) is 0 Å². The Morgan fingerprint density at radius 3 is 2.08 bits per heavy atom. The van der Waals surface area contributed by atoms with Gasteiger partial charge in [0.1, 0.15) is 0 Å². The van der Waals surface area contributed by atoms with Crippen LogP contribution in [0.15, 0.2) is 0 Å². The van der Waals surface area contributed by atoms with Gasteiger partial charge in [-0.1, -0.05) is 0 Å². The molecule has 0 aromatic heterocycles. The lowest BCUT2D eigenvalue weighted by molar-refractivity contribution is -0.227. The van der Waals surface area contributed by atoms with E-state index in [9.17, 15) is 14.0 Å². The first-order chi connectivity index (χ1) is 5.55. The van der Waals surface area contributed by atoms with Gasteiger partial charge in [0.15, 0.2) is 0 Å². The second-order valence-electron chi connectivity index (χ2n) is 3.86. The minimum Gasteiger partial charge on any atom is -0.469 e. The summed E-state index contributed by atoms with van der Waals surface area (Å²) in [5.74, 6) is -0.300. The largest absolute Gasteiger partial charge is 0.469 e. The third-order valence-corrected chi connectivity index (χ3v) is 3.07. The number of rotatable bonds is 2. The summed E-state index contributed by atoms with van der Waals surface area (Å²) in [5.41, 5.74) is -1.30. The maximum absolute atomic E-state index is 12.3. The number of hydrogen-bond acceptors (Lipinski definition) is 3. The van der Waals surface area contributed by atoms with Gasteiger partial charge in [-0.2, -0.15) is 4.39 Å². The lowest BCUT2D eigenvalue weighted by Gasteiger charge is -2.65. The predicted octanol–water partition coefficient (Wildman–Crippen LogP) is 0.826. The van der Waals surface area contributed by atoms with Crippen LogP contribution in [0.5, 0.6) is 0 Å². The molecule has 0 aliphatic heterocycles. The smallest absolute Gasteiger partial charge is 0.311 e. The lowest BCUT2D eigenvalue weighted by atomic mass is 9.35. The van der Waals surface area contributed by atoms with Crippen molar-refractivity contribution >= 4 is 12.0 Å². The predicted molar refractivity (Wildman–Crippen MR) is 36.8 cm³/mol. The molecule has 3 aliphatic rings. The van der Waals surface area contributed by atoms with Crippen LogP contribution < -0.4 is 0 Å². The highest BCUT2D eigenvalue weighted by molar-refractivity contribution is 5.90. The summed E-state index contributed by atoms with van der Waals surface area (Å²) < 4.78 is 16.9. The van der Waals surface area contributed by atoms with Gasteiger partial charge in [-0.25, -0.2) is 0 Å². The molecule has 4 heteroatoms. The molecule has 2 bridgehead atoms. The SMILES string of the molecule is COC(=O)C12CC(C(=O)F)(C1)C2. The molecule has 3 saturated carbocycles. The first kappa shape index (κ1) is 7.71. The Kier molecular flexibility index (Phi) is 1.20. The summed E-state index contributed by atoms with van der Waals surface area (Å²) in [4.78, 5) is 21.5. The summed E-state index contributed by atoms with van der Waals surface area (Å²) in [6.45, 7) is 0. The molecule has 66 valence electrons. The minimum atomic E-state index is -1.27. The number of methoxy groups -OCH3 is 1. The summed E-state index contributed by atoms with van der Waals surface area (Å²) in [7, 11) is 1.31. The summed E-state index contributed by atoms with van der Waals surface area (Å²) in [5, 5.41) is 0. The normalized spacial score (nSPS) is 42.5. The van der Waals surface area contributed by atoms with E-state index in [4.69, 9.17) is 0 Å². The zero-order valence-electron chi connectivity index (χ0n) is 6.72. The molecule has 0 amide bonds. The van der Waals surface area contributed by atoms with E-state index >= 15 is 0 Å². The van der Waals surface area contributed by atoms with Crippen molar-refractivity contribution in [3.8, 4) is 0 Å². The first-order valence-electron chi connectivity index (χ1n) is 3.83. The van der Waals surface area contributed by atoms with Crippen LogP contribution in [0.1, 0.15) is 19.3 Å². The van der Waals surface area contributed by atoms with E-state index in [2.05, 4.69) is 4.74 Å². The lowest BCUT2D eigenvalue weighted by Crippen LogP contribution is -2.68. The molecule has 3 rings (SSSR count). The number of hydrogen-bond donors (Lipinski definition) is 0.